The molecule has 1 heterocycles. The van der Waals surface area contributed by atoms with Gasteiger partial charge in [-0.2, -0.15) is 0 Å². The molecule has 0 aliphatic carbocycles. The van der Waals surface area contributed by atoms with E-state index in [0.717, 1.165) is 5.56 Å². The first-order valence-corrected chi connectivity index (χ1v) is 8.81. The van der Waals surface area contributed by atoms with Crippen LogP contribution in [-0.4, -0.2) is 26.2 Å². The highest BCUT2D eigenvalue weighted by molar-refractivity contribution is 6.06. The van der Waals surface area contributed by atoms with Gasteiger partial charge >= 0.3 is 6.03 Å². The summed E-state index contributed by atoms with van der Waals surface area (Å²) in [5.41, 5.74) is 3.27. The number of para-hydroxylation sites is 1. The number of urea groups is 1. The van der Waals surface area contributed by atoms with Crippen LogP contribution in [0.2, 0.25) is 0 Å². The molecule has 0 bridgehead atoms. The second kappa shape index (κ2) is 8.04. The molecule has 0 saturated carbocycles. The van der Waals surface area contributed by atoms with Gasteiger partial charge in [-0.25, -0.2) is 4.79 Å². The molecule has 0 aromatic heterocycles. The number of carbonyl (C=O) groups is 2. The lowest BCUT2D eigenvalue weighted by Gasteiger charge is -2.30. The minimum absolute atomic E-state index is 0.316. The maximum Gasteiger partial charge on any atom is 0.319 e. The molecule has 0 radical (unpaired) electrons. The molecule has 3 amide bonds. The van der Waals surface area contributed by atoms with Crippen LogP contribution in [-0.2, 0) is 4.79 Å². The summed E-state index contributed by atoms with van der Waals surface area (Å²) in [7, 11) is 3.06. The smallest absolute Gasteiger partial charge is 0.319 e. The van der Waals surface area contributed by atoms with Crippen LogP contribution in [0.3, 0.4) is 0 Å². The standard InChI is InChI=1S/C21H23N3O4/c1-12-8-10-14(11-9-12)23-20(25)17-13(2)22-21(26)24-18(17)15-6-5-7-16(27-3)19(15)28-4/h5-11,18H,1-4H3,(H,23,25)(H2,22,24,26)/t18-/m1/s1. The lowest BCUT2D eigenvalue weighted by Crippen LogP contribution is -2.46. The van der Waals surface area contributed by atoms with E-state index in [4.69, 9.17) is 9.47 Å². The van der Waals surface area contributed by atoms with E-state index < -0.39 is 6.04 Å². The van der Waals surface area contributed by atoms with Crippen molar-refractivity contribution < 1.29 is 19.1 Å². The molecule has 1 aliphatic heterocycles. The number of benzene rings is 2. The van der Waals surface area contributed by atoms with Crippen LogP contribution in [0.1, 0.15) is 24.1 Å². The molecule has 1 aliphatic rings. The van der Waals surface area contributed by atoms with Crippen LogP contribution in [0.4, 0.5) is 10.5 Å². The molecule has 3 N–H and O–H groups in total. The summed E-state index contributed by atoms with van der Waals surface area (Å²) in [6.45, 7) is 3.67. The van der Waals surface area contributed by atoms with Crippen molar-refractivity contribution in [3.05, 3.63) is 64.9 Å². The van der Waals surface area contributed by atoms with Crippen molar-refractivity contribution in [2.75, 3.05) is 19.5 Å². The number of anilines is 1. The Morgan fingerprint density at radius 3 is 2.39 bits per heavy atom. The number of hydrogen-bond donors (Lipinski definition) is 3. The summed E-state index contributed by atoms with van der Waals surface area (Å²) in [6.07, 6.45) is 0. The largest absolute Gasteiger partial charge is 0.493 e. The molecule has 7 nitrogen and oxygen atoms in total. The average molecular weight is 381 g/mol. The number of rotatable bonds is 5. The number of ether oxygens (including phenoxy) is 2. The molecular formula is C21H23N3O4. The van der Waals surface area contributed by atoms with Crippen LogP contribution in [0.25, 0.3) is 0 Å². The van der Waals surface area contributed by atoms with E-state index in [9.17, 15) is 9.59 Å². The lowest BCUT2D eigenvalue weighted by atomic mass is 9.93. The van der Waals surface area contributed by atoms with E-state index in [1.165, 1.54) is 14.2 Å². The second-order valence-corrected chi connectivity index (χ2v) is 6.47. The summed E-state index contributed by atoms with van der Waals surface area (Å²) >= 11 is 0. The fraction of sp³-hybridized carbons (Fsp3) is 0.238. The van der Waals surface area contributed by atoms with E-state index in [1.807, 2.05) is 31.2 Å². The number of aryl methyl sites for hydroxylation is 1. The van der Waals surface area contributed by atoms with Gasteiger partial charge in [-0.05, 0) is 32.0 Å². The van der Waals surface area contributed by atoms with Crippen molar-refractivity contribution in [2.45, 2.75) is 19.9 Å². The Morgan fingerprint density at radius 1 is 1.04 bits per heavy atom. The Labute approximate surface area is 163 Å². The molecule has 0 fully saturated rings. The maximum absolute atomic E-state index is 13.1. The maximum atomic E-state index is 13.1. The van der Waals surface area contributed by atoms with Crippen LogP contribution in [0.15, 0.2) is 53.7 Å². The highest BCUT2D eigenvalue weighted by Crippen LogP contribution is 2.39. The average Bonchev–Trinajstić information content (AvgIpc) is 2.68. The van der Waals surface area contributed by atoms with E-state index in [-0.39, 0.29) is 11.9 Å². The molecular weight excluding hydrogens is 358 g/mol. The van der Waals surface area contributed by atoms with Gasteiger partial charge in [0, 0.05) is 16.9 Å². The topological polar surface area (TPSA) is 88.7 Å². The number of methoxy groups -OCH3 is 2. The van der Waals surface area contributed by atoms with Crippen molar-refractivity contribution >= 4 is 17.6 Å². The van der Waals surface area contributed by atoms with E-state index in [2.05, 4.69) is 16.0 Å². The summed E-state index contributed by atoms with van der Waals surface area (Å²) in [5.74, 6) is 0.665. The predicted molar refractivity (Wildman–Crippen MR) is 106 cm³/mol. The molecule has 7 heteroatoms. The first-order chi connectivity index (χ1) is 13.4. The minimum Gasteiger partial charge on any atom is -0.493 e. The van der Waals surface area contributed by atoms with E-state index in [0.29, 0.717) is 34.0 Å². The number of amides is 3. The van der Waals surface area contributed by atoms with Crippen LogP contribution < -0.4 is 25.4 Å². The molecule has 0 spiro atoms. The minimum atomic E-state index is -0.691. The molecule has 1 atom stereocenters. The Bertz CT molecular complexity index is 935. The predicted octanol–water partition coefficient (Wildman–Crippen LogP) is 3.28. The first kappa shape index (κ1) is 19.3. The van der Waals surface area contributed by atoms with Gasteiger partial charge in [-0.3, -0.25) is 4.79 Å². The quantitative estimate of drug-likeness (QED) is 0.742. The fourth-order valence-corrected chi connectivity index (χ4v) is 3.20. The highest BCUT2D eigenvalue weighted by atomic mass is 16.5. The normalized spacial score (nSPS) is 16.1. The molecule has 3 rings (SSSR count). The summed E-state index contributed by atoms with van der Waals surface area (Å²) in [5, 5.41) is 8.37. The molecule has 0 saturated heterocycles. The third kappa shape index (κ3) is 3.78. The van der Waals surface area contributed by atoms with Crippen molar-refractivity contribution in [1.82, 2.24) is 10.6 Å². The van der Waals surface area contributed by atoms with Gasteiger partial charge in [0.2, 0.25) is 0 Å². The molecule has 146 valence electrons. The van der Waals surface area contributed by atoms with Crippen molar-refractivity contribution in [2.24, 2.45) is 0 Å². The van der Waals surface area contributed by atoms with Gasteiger partial charge in [-0.15, -0.1) is 0 Å². The van der Waals surface area contributed by atoms with Gasteiger partial charge in [0.05, 0.1) is 25.8 Å². The van der Waals surface area contributed by atoms with Gasteiger partial charge in [0.1, 0.15) is 0 Å². The summed E-state index contributed by atoms with van der Waals surface area (Å²) < 4.78 is 10.9. The molecule has 28 heavy (non-hydrogen) atoms. The zero-order valence-electron chi connectivity index (χ0n) is 16.3. The van der Waals surface area contributed by atoms with Crippen molar-refractivity contribution in [3.8, 4) is 11.5 Å². The molecule has 2 aromatic carbocycles. The Hall–Kier alpha value is -3.48. The van der Waals surface area contributed by atoms with E-state index in [1.54, 1.807) is 25.1 Å². The third-order valence-corrected chi connectivity index (χ3v) is 4.57. The van der Waals surface area contributed by atoms with Crippen LogP contribution >= 0.6 is 0 Å². The van der Waals surface area contributed by atoms with Crippen molar-refractivity contribution in [3.63, 3.8) is 0 Å². The van der Waals surface area contributed by atoms with Crippen molar-refractivity contribution in [1.29, 1.82) is 0 Å². The fourth-order valence-electron chi connectivity index (χ4n) is 3.20. The number of carbonyl (C=O) groups excluding carboxylic acids is 2. The SMILES string of the molecule is COc1cccc([C@H]2NC(=O)NC(C)=C2C(=O)Nc2ccc(C)cc2)c1OC. The number of hydrogen-bond acceptors (Lipinski definition) is 4. The Kier molecular flexibility index (Phi) is 5.54. The van der Waals surface area contributed by atoms with Crippen LogP contribution in [0, 0.1) is 6.92 Å². The zero-order valence-corrected chi connectivity index (χ0v) is 16.3. The Balaban J connectivity index is 2.02. The lowest BCUT2D eigenvalue weighted by molar-refractivity contribution is -0.113. The zero-order chi connectivity index (χ0) is 20.3. The molecule has 0 unspecified atom stereocenters. The Morgan fingerprint density at radius 2 is 1.75 bits per heavy atom. The van der Waals surface area contributed by atoms with Crippen LogP contribution in [0.5, 0.6) is 11.5 Å². The number of allylic oxidation sites excluding steroid dienone is 1. The van der Waals surface area contributed by atoms with Gasteiger partial charge in [-0.1, -0.05) is 29.8 Å². The third-order valence-electron chi connectivity index (χ3n) is 4.57. The summed E-state index contributed by atoms with van der Waals surface area (Å²) in [6, 6.07) is 11.8. The van der Waals surface area contributed by atoms with E-state index >= 15 is 0 Å². The molecule has 2 aromatic rings. The van der Waals surface area contributed by atoms with Gasteiger partial charge < -0.3 is 25.4 Å². The number of nitrogens with one attached hydrogen (secondary N) is 3. The first-order valence-electron chi connectivity index (χ1n) is 8.81. The summed E-state index contributed by atoms with van der Waals surface area (Å²) in [4.78, 5) is 25.2. The van der Waals surface area contributed by atoms with Gasteiger partial charge in [0.25, 0.3) is 5.91 Å². The monoisotopic (exact) mass is 381 g/mol. The second-order valence-electron chi connectivity index (χ2n) is 6.47. The highest BCUT2D eigenvalue weighted by Gasteiger charge is 2.33. The van der Waals surface area contributed by atoms with Gasteiger partial charge in [0.15, 0.2) is 11.5 Å².